The van der Waals surface area contributed by atoms with Crippen LogP contribution in [-0.4, -0.2) is 35.4 Å². The second-order valence-corrected chi connectivity index (χ2v) is 11.1. The molecule has 0 heterocycles. The summed E-state index contributed by atoms with van der Waals surface area (Å²) in [5.41, 5.74) is 2.98. The Labute approximate surface area is 237 Å². The predicted octanol–water partition coefficient (Wildman–Crippen LogP) is 6.93. The number of hydrogen-bond donors (Lipinski definition) is 1. The van der Waals surface area contributed by atoms with E-state index in [0.717, 1.165) is 36.8 Å². The molecule has 1 aliphatic rings. The van der Waals surface area contributed by atoms with Gasteiger partial charge in [-0.15, -0.1) is 0 Å². The van der Waals surface area contributed by atoms with Crippen molar-refractivity contribution in [2.45, 2.75) is 76.9 Å². The van der Waals surface area contributed by atoms with Gasteiger partial charge in [-0.2, -0.15) is 0 Å². The number of amides is 2. The van der Waals surface area contributed by atoms with Gasteiger partial charge in [0.15, 0.2) is 6.61 Å². The molecule has 0 radical (unpaired) electrons. The maximum atomic E-state index is 13.8. The minimum Gasteiger partial charge on any atom is -0.484 e. The maximum absolute atomic E-state index is 13.8. The first kappa shape index (κ1) is 28.7. The standard InChI is InChI=1S/C33H39ClN2O3/c1-24(2)26-17-19-29(20-18-26)39-23-32(37)36(22-27-13-9-10-16-30(27)34)31(21-25-11-5-3-6-12-25)33(38)35-28-14-7-4-8-15-28/h3,5-6,9-13,16-20,24,28,31H,4,7-8,14-15,21-23H2,1-2H3,(H,35,38)/t31-/m1/s1. The van der Waals surface area contributed by atoms with Gasteiger partial charge in [-0.1, -0.05) is 105 Å². The van der Waals surface area contributed by atoms with E-state index in [0.29, 0.717) is 23.1 Å². The van der Waals surface area contributed by atoms with Crippen LogP contribution in [0.4, 0.5) is 0 Å². The Balaban J connectivity index is 1.59. The molecule has 3 aromatic carbocycles. The number of rotatable bonds is 11. The van der Waals surface area contributed by atoms with Gasteiger partial charge >= 0.3 is 0 Å². The second-order valence-electron chi connectivity index (χ2n) is 10.7. The highest BCUT2D eigenvalue weighted by atomic mass is 35.5. The van der Waals surface area contributed by atoms with Crippen LogP contribution in [0.15, 0.2) is 78.9 Å². The van der Waals surface area contributed by atoms with E-state index in [1.807, 2.05) is 72.8 Å². The number of hydrogen-bond acceptors (Lipinski definition) is 3. The number of nitrogens with zero attached hydrogens (tertiary/aromatic N) is 1. The van der Waals surface area contributed by atoms with Gasteiger partial charge in [0.1, 0.15) is 11.8 Å². The normalized spacial score (nSPS) is 14.6. The Morgan fingerprint density at radius 3 is 2.26 bits per heavy atom. The molecule has 1 N–H and O–H groups in total. The van der Waals surface area contributed by atoms with Gasteiger partial charge in [0.25, 0.3) is 5.91 Å². The minimum atomic E-state index is -0.704. The van der Waals surface area contributed by atoms with E-state index >= 15 is 0 Å². The Hall–Kier alpha value is -3.31. The highest BCUT2D eigenvalue weighted by molar-refractivity contribution is 6.31. The zero-order valence-electron chi connectivity index (χ0n) is 22.9. The van der Waals surface area contributed by atoms with Crippen LogP contribution < -0.4 is 10.1 Å². The topological polar surface area (TPSA) is 58.6 Å². The van der Waals surface area contributed by atoms with Gasteiger partial charge in [0.05, 0.1) is 0 Å². The molecule has 6 heteroatoms. The zero-order valence-corrected chi connectivity index (χ0v) is 23.7. The van der Waals surface area contributed by atoms with Crippen molar-refractivity contribution in [2.24, 2.45) is 0 Å². The third-order valence-corrected chi connectivity index (χ3v) is 7.80. The molecule has 4 rings (SSSR count). The molecule has 3 aromatic rings. The summed E-state index contributed by atoms with van der Waals surface area (Å²) in [6.07, 6.45) is 5.76. The lowest BCUT2D eigenvalue weighted by Crippen LogP contribution is -2.53. The third kappa shape index (κ3) is 8.34. The molecule has 0 aromatic heterocycles. The van der Waals surface area contributed by atoms with Gasteiger partial charge in [0.2, 0.25) is 5.91 Å². The lowest BCUT2D eigenvalue weighted by Gasteiger charge is -2.33. The molecule has 1 saturated carbocycles. The van der Waals surface area contributed by atoms with Gasteiger partial charge in [0, 0.05) is 24.0 Å². The molecule has 2 amide bonds. The van der Waals surface area contributed by atoms with E-state index in [1.54, 1.807) is 11.0 Å². The van der Waals surface area contributed by atoms with Crippen molar-refractivity contribution in [1.82, 2.24) is 10.2 Å². The minimum absolute atomic E-state index is 0.132. The fraction of sp³-hybridized carbons (Fsp3) is 0.394. The monoisotopic (exact) mass is 546 g/mol. The summed E-state index contributed by atoms with van der Waals surface area (Å²) in [7, 11) is 0. The number of halogens is 1. The molecular weight excluding hydrogens is 508 g/mol. The second kappa shape index (κ2) is 14.2. The molecular formula is C33H39ClN2O3. The summed E-state index contributed by atoms with van der Waals surface area (Å²) >= 11 is 6.52. The van der Waals surface area contributed by atoms with E-state index < -0.39 is 6.04 Å². The summed E-state index contributed by atoms with van der Waals surface area (Å²) in [5, 5.41) is 3.82. The van der Waals surface area contributed by atoms with Crippen LogP contribution in [0.5, 0.6) is 5.75 Å². The molecule has 0 unspecified atom stereocenters. The number of benzene rings is 3. The molecule has 0 saturated heterocycles. The largest absolute Gasteiger partial charge is 0.484 e. The maximum Gasteiger partial charge on any atom is 0.261 e. The summed E-state index contributed by atoms with van der Waals surface area (Å²) in [5.74, 6) is 0.639. The van der Waals surface area contributed by atoms with E-state index in [2.05, 4.69) is 19.2 Å². The number of carbonyl (C=O) groups excluding carboxylic acids is 2. The molecule has 1 fully saturated rings. The Bertz CT molecular complexity index is 1210. The van der Waals surface area contributed by atoms with Crippen LogP contribution in [0.25, 0.3) is 0 Å². The Morgan fingerprint density at radius 1 is 0.923 bits per heavy atom. The smallest absolute Gasteiger partial charge is 0.261 e. The molecule has 1 aliphatic carbocycles. The molecule has 0 aliphatic heterocycles. The summed E-state index contributed by atoms with van der Waals surface area (Å²) < 4.78 is 5.93. The van der Waals surface area contributed by atoms with E-state index in [9.17, 15) is 9.59 Å². The predicted molar refractivity (Wildman–Crippen MR) is 157 cm³/mol. The fourth-order valence-corrected chi connectivity index (χ4v) is 5.28. The fourth-order valence-electron chi connectivity index (χ4n) is 5.09. The van der Waals surface area contributed by atoms with Crippen molar-refractivity contribution in [2.75, 3.05) is 6.61 Å². The van der Waals surface area contributed by atoms with Crippen molar-refractivity contribution < 1.29 is 14.3 Å². The third-order valence-electron chi connectivity index (χ3n) is 7.43. The van der Waals surface area contributed by atoms with Crippen LogP contribution >= 0.6 is 11.6 Å². The van der Waals surface area contributed by atoms with Crippen molar-refractivity contribution >= 4 is 23.4 Å². The highest BCUT2D eigenvalue weighted by Crippen LogP contribution is 2.23. The highest BCUT2D eigenvalue weighted by Gasteiger charge is 2.32. The first-order valence-corrected chi connectivity index (χ1v) is 14.4. The number of nitrogens with one attached hydrogen (secondary N) is 1. The number of carbonyl (C=O) groups is 2. The Kier molecular flexibility index (Phi) is 10.4. The average molecular weight is 547 g/mol. The van der Waals surface area contributed by atoms with Gasteiger partial charge in [-0.3, -0.25) is 9.59 Å². The summed E-state index contributed by atoms with van der Waals surface area (Å²) in [6.45, 7) is 4.31. The van der Waals surface area contributed by atoms with Crippen LogP contribution in [-0.2, 0) is 22.6 Å². The average Bonchev–Trinajstić information content (AvgIpc) is 2.95. The molecule has 39 heavy (non-hydrogen) atoms. The molecule has 5 nitrogen and oxygen atoms in total. The summed E-state index contributed by atoms with van der Waals surface area (Å²) in [6, 6.07) is 24.5. The van der Waals surface area contributed by atoms with Crippen molar-refractivity contribution in [3.05, 3.63) is 101 Å². The van der Waals surface area contributed by atoms with E-state index in [-0.39, 0.29) is 31.0 Å². The van der Waals surface area contributed by atoms with Crippen molar-refractivity contribution in [3.8, 4) is 5.75 Å². The Morgan fingerprint density at radius 2 is 1.59 bits per heavy atom. The van der Waals surface area contributed by atoms with Crippen LogP contribution in [0.2, 0.25) is 5.02 Å². The number of ether oxygens (including phenoxy) is 1. The van der Waals surface area contributed by atoms with Crippen LogP contribution in [0.1, 0.15) is 68.6 Å². The quantitative estimate of drug-likeness (QED) is 0.283. The molecule has 1 atom stereocenters. The molecule has 0 bridgehead atoms. The van der Waals surface area contributed by atoms with Crippen LogP contribution in [0.3, 0.4) is 0 Å². The lowest BCUT2D eigenvalue weighted by molar-refractivity contribution is -0.143. The van der Waals surface area contributed by atoms with Gasteiger partial charge < -0.3 is 15.0 Å². The first-order valence-electron chi connectivity index (χ1n) is 14.0. The first-order chi connectivity index (χ1) is 18.9. The van der Waals surface area contributed by atoms with Crippen molar-refractivity contribution in [3.63, 3.8) is 0 Å². The van der Waals surface area contributed by atoms with Gasteiger partial charge in [-0.05, 0) is 53.6 Å². The summed E-state index contributed by atoms with van der Waals surface area (Å²) in [4.78, 5) is 29.3. The molecule has 206 valence electrons. The lowest BCUT2D eigenvalue weighted by atomic mass is 9.94. The zero-order chi connectivity index (χ0) is 27.6. The SMILES string of the molecule is CC(C)c1ccc(OCC(=O)N(Cc2ccccc2Cl)[C@H](Cc2ccccc2)C(=O)NC2CCCCC2)cc1. The van der Waals surface area contributed by atoms with Crippen molar-refractivity contribution in [1.29, 1.82) is 0 Å². The van der Waals surface area contributed by atoms with Gasteiger partial charge in [-0.25, -0.2) is 0 Å². The van der Waals surface area contributed by atoms with E-state index in [4.69, 9.17) is 16.3 Å². The van der Waals surface area contributed by atoms with E-state index in [1.165, 1.54) is 12.0 Å². The molecule has 0 spiro atoms. The van der Waals surface area contributed by atoms with Crippen LogP contribution in [0, 0.1) is 0 Å².